The van der Waals surface area contributed by atoms with E-state index >= 15 is 0 Å². The van der Waals surface area contributed by atoms with Gasteiger partial charge in [-0.1, -0.05) is 0 Å². The Morgan fingerprint density at radius 2 is 2.06 bits per heavy atom. The molecule has 0 aliphatic heterocycles. The third kappa shape index (κ3) is 2.98. The van der Waals surface area contributed by atoms with E-state index in [9.17, 15) is 9.18 Å². The molecule has 0 fully saturated rings. The van der Waals surface area contributed by atoms with E-state index in [0.29, 0.717) is 10.7 Å². The van der Waals surface area contributed by atoms with Crippen LogP contribution in [-0.4, -0.2) is 16.1 Å². The second-order valence-corrected chi connectivity index (χ2v) is 4.14. The molecule has 0 bridgehead atoms. The number of rotatable bonds is 3. The molecule has 0 radical (unpaired) electrons. The Morgan fingerprint density at radius 1 is 1.35 bits per heavy atom. The molecule has 0 saturated carbocycles. The fraction of sp³-hybridized carbons (Fsp3) is 0. The number of aliphatic carboxylic acids is 1. The summed E-state index contributed by atoms with van der Waals surface area (Å²) in [4.78, 5) is 14.6. The summed E-state index contributed by atoms with van der Waals surface area (Å²) in [5.74, 6) is -1.31. The van der Waals surface area contributed by atoms with Crippen molar-refractivity contribution in [2.24, 2.45) is 0 Å². The summed E-state index contributed by atoms with van der Waals surface area (Å²) in [6.45, 7) is 0. The average molecular weight is 249 g/mol. The van der Waals surface area contributed by atoms with Gasteiger partial charge in [0.15, 0.2) is 0 Å². The third-order valence-electron chi connectivity index (χ3n) is 2.03. The first-order valence-corrected chi connectivity index (χ1v) is 5.65. The zero-order valence-corrected chi connectivity index (χ0v) is 9.45. The molecule has 0 unspecified atom stereocenters. The van der Waals surface area contributed by atoms with Crippen molar-refractivity contribution in [2.75, 3.05) is 0 Å². The zero-order valence-electron chi connectivity index (χ0n) is 8.63. The van der Waals surface area contributed by atoms with Gasteiger partial charge in [-0.25, -0.2) is 14.2 Å². The van der Waals surface area contributed by atoms with E-state index in [2.05, 4.69) is 4.98 Å². The third-order valence-corrected chi connectivity index (χ3v) is 2.84. The molecule has 3 nitrogen and oxygen atoms in total. The van der Waals surface area contributed by atoms with Gasteiger partial charge in [0.05, 0.1) is 5.69 Å². The van der Waals surface area contributed by atoms with E-state index in [4.69, 9.17) is 5.11 Å². The van der Waals surface area contributed by atoms with Crippen LogP contribution in [0.5, 0.6) is 0 Å². The van der Waals surface area contributed by atoms with Crippen LogP contribution in [0.25, 0.3) is 17.3 Å². The summed E-state index contributed by atoms with van der Waals surface area (Å²) in [5.41, 5.74) is 1.51. The molecule has 0 spiro atoms. The van der Waals surface area contributed by atoms with Crippen molar-refractivity contribution < 1.29 is 14.3 Å². The number of carboxylic acids is 1. The van der Waals surface area contributed by atoms with E-state index in [1.807, 2.05) is 0 Å². The van der Waals surface area contributed by atoms with Crippen molar-refractivity contribution in [1.82, 2.24) is 4.98 Å². The first-order valence-electron chi connectivity index (χ1n) is 4.77. The lowest BCUT2D eigenvalue weighted by molar-refractivity contribution is -0.131. The molecule has 2 rings (SSSR count). The number of hydrogen-bond acceptors (Lipinski definition) is 3. The monoisotopic (exact) mass is 249 g/mol. The van der Waals surface area contributed by atoms with Crippen molar-refractivity contribution in [1.29, 1.82) is 0 Å². The lowest BCUT2D eigenvalue weighted by atomic mass is 10.2. The quantitative estimate of drug-likeness (QED) is 0.850. The molecule has 0 atom stereocenters. The van der Waals surface area contributed by atoms with Gasteiger partial charge >= 0.3 is 5.97 Å². The first kappa shape index (κ1) is 11.5. The molecule has 86 valence electrons. The number of carboxylic acid groups (broad SMARTS) is 1. The van der Waals surface area contributed by atoms with Crippen LogP contribution in [0.3, 0.4) is 0 Å². The van der Waals surface area contributed by atoms with Crippen LogP contribution < -0.4 is 0 Å². The summed E-state index contributed by atoms with van der Waals surface area (Å²) >= 11 is 1.34. The molecule has 1 heterocycles. The Hall–Kier alpha value is -2.01. The number of aromatic nitrogens is 1. The molecule has 0 amide bonds. The van der Waals surface area contributed by atoms with Crippen LogP contribution in [-0.2, 0) is 4.79 Å². The minimum absolute atomic E-state index is 0.296. The highest BCUT2D eigenvalue weighted by Crippen LogP contribution is 2.22. The van der Waals surface area contributed by atoms with Crippen molar-refractivity contribution >= 4 is 23.4 Å². The molecular weight excluding hydrogens is 241 g/mol. The highest BCUT2D eigenvalue weighted by atomic mass is 32.1. The van der Waals surface area contributed by atoms with Crippen LogP contribution in [0.1, 0.15) is 5.01 Å². The standard InChI is InChI=1S/C12H8FNO2S/c13-9-3-1-8(2-4-9)10-7-17-11(14-10)5-6-12(15)16/h1-7H,(H,15,16). The van der Waals surface area contributed by atoms with Gasteiger partial charge in [0, 0.05) is 17.0 Å². The first-order chi connectivity index (χ1) is 8.15. The maximum atomic E-state index is 12.7. The second kappa shape index (κ2) is 4.88. The van der Waals surface area contributed by atoms with Gasteiger partial charge < -0.3 is 5.11 Å². The Kier molecular flexibility index (Phi) is 3.30. The number of nitrogens with zero attached hydrogens (tertiary/aromatic N) is 1. The van der Waals surface area contributed by atoms with E-state index in [-0.39, 0.29) is 5.82 Å². The van der Waals surface area contributed by atoms with Gasteiger partial charge in [-0.05, 0) is 30.3 Å². The summed E-state index contributed by atoms with van der Waals surface area (Å²) < 4.78 is 12.7. The number of halogens is 1. The van der Waals surface area contributed by atoms with E-state index in [0.717, 1.165) is 11.6 Å². The van der Waals surface area contributed by atoms with Crippen LogP contribution >= 0.6 is 11.3 Å². The van der Waals surface area contributed by atoms with Gasteiger partial charge in [-0.3, -0.25) is 0 Å². The van der Waals surface area contributed by atoms with Crippen molar-refractivity contribution in [3.05, 3.63) is 46.5 Å². The molecule has 1 N–H and O–H groups in total. The lowest BCUT2D eigenvalue weighted by Crippen LogP contribution is -1.85. The van der Waals surface area contributed by atoms with Crippen molar-refractivity contribution in [2.45, 2.75) is 0 Å². The Morgan fingerprint density at radius 3 is 2.71 bits per heavy atom. The summed E-state index contributed by atoms with van der Waals surface area (Å²) in [5, 5.41) is 10.9. The fourth-order valence-electron chi connectivity index (χ4n) is 1.26. The molecule has 0 aliphatic rings. The predicted molar refractivity (Wildman–Crippen MR) is 64.2 cm³/mol. The Balaban J connectivity index is 2.23. The van der Waals surface area contributed by atoms with E-state index in [1.54, 1.807) is 17.5 Å². The topological polar surface area (TPSA) is 50.2 Å². The van der Waals surface area contributed by atoms with Gasteiger partial charge in [0.25, 0.3) is 0 Å². The fourth-order valence-corrected chi connectivity index (χ4v) is 1.98. The summed E-state index contributed by atoms with van der Waals surface area (Å²) in [6.07, 6.45) is 2.47. The molecule has 2 aromatic rings. The van der Waals surface area contributed by atoms with Gasteiger partial charge in [-0.15, -0.1) is 11.3 Å². The number of thiazole rings is 1. The van der Waals surface area contributed by atoms with Crippen molar-refractivity contribution in [3.8, 4) is 11.3 Å². The molecule has 0 saturated heterocycles. The molecule has 5 heteroatoms. The zero-order chi connectivity index (χ0) is 12.3. The minimum atomic E-state index is -1.01. The number of benzene rings is 1. The lowest BCUT2D eigenvalue weighted by Gasteiger charge is -1.94. The largest absolute Gasteiger partial charge is 0.478 e. The highest BCUT2D eigenvalue weighted by Gasteiger charge is 2.03. The van der Waals surface area contributed by atoms with Crippen LogP contribution in [0.4, 0.5) is 4.39 Å². The highest BCUT2D eigenvalue weighted by molar-refractivity contribution is 7.10. The normalized spacial score (nSPS) is 10.9. The van der Waals surface area contributed by atoms with Crippen LogP contribution in [0.2, 0.25) is 0 Å². The van der Waals surface area contributed by atoms with E-state index in [1.165, 1.54) is 29.5 Å². The molecular formula is C12H8FNO2S. The Bertz CT molecular complexity index is 560. The molecule has 17 heavy (non-hydrogen) atoms. The van der Waals surface area contributed by atoms with Gasteiger partial charge in [-0.2, -0.15) is 0 Å². The van der Waals surface area contributed by atoms with Gasteiger partial charge in [0.2, 0.25) is 0 Å². The Labute approximate surface area is 101 Å². The molecule has 1 aromatic heterocycles. The smallest absolute Gasteiger partial charge is 0.328 e. The van der Waals surface area contributed by atoms with Crippen molar-refractivity contribution in [3.63, 3.8) is 0 Å². The maximum Gasteiger partial charge on any atom is 0.328 e. The van der Waals surface area contributed by atoms with Gasteiger partial charge in [0.1, 0.15) is 10.8 Å². The van der Waals surface area contributed by atoms with Crippen LogP contribution in [0, 0.1) is 5.82 Å². The summed E-state index contributed by atoms with van der Waals surface area (Å²) in [6, 6.07) is 5.99. The number of carbonyl (C=O) groups is 1. The van der Waals surface area contributed by atoms with Crippen LogP contribution in [0.15, 0.2) is 35.7 Å². The SMILES string of the molecule is O=C(O)C=Cc1nc(-c2ccc(F)cc2)cs1. The maximum absolute atomic E-state index is 12.7. The summed E-state index contributed by atoms with van der Waals surface area (Å²) in [7, 11) is 0. The average Bonchev–Trinajstić information content (AvgIpc) is 2.76. The minimum Gasteiger partial charge on any atom is -0.478 e. The predicted octanol–water partition coefficient (Wildman–Crippen LogP) is 3.05. The molecule has 0 aliphatic carbocycles. The molecule has 1 aromatic carbocycles. The van der Waals surface area contributed by atoms with E-state index < -0.39 is 5.97 Å². The number of hydrogen-bond donors (Lipinski definition) is 1. The second-order valence-electron chi connectivity index (χ2n) is 3.25.